The predicted octanol–water partition coefficient (Wildman–Crippen LogP) is 5.66. The van der Waals surface area contributed by atoms with Gasteiger partial charge in [-0.05, 0) is 49.7 Å². The van der Waals surface area contributed by atoms with Gasteiger partial charge in [-0.3, -0.25) is 14.4 Å². The first-order valence-electron chi connectivity index (χ1n) is 10.6. The molecule has 7 heteroatoms. The minimum Gasteiger partial charge on any atom is -0.450 e. The molecule has 0 fully saturated rings. The van der Waals surface area contributed by atoms with Crippen molar-refractivity contribution in [1.29, 1.82) is 0 Å². The smallest absolute Gasteiger partial charge is 0.293 e. The molecule has 0 aliphatic heterocycles. The third-order valence-electron chi connectivity index (χ3n) is 5.53. The van der Waals surface area contributed by atoms with Crippen molar-refractivity contribution in [2.75, 3.05) is 10.6 Å². The molecule has 2 amide bonds. The Bertz CT molecular complexity index is 1630. The number of benzene rings is 3. The number of furan rings is 1. The molecule has 2 heterocycles. The summed E-state index contributed by atoms with van der Waals surface area (Å²) in [7, 11) is 0. The minimum absolute atomic E-state index is 0.0607. The number of aryl methyl sites for hydroxylation is 2. The molecule has 2 aromatic heterocycles. The molecule has 5 rings (SSSR count). The Kier molecular flexibility index (Phi) is 5.22. The van der Waals surface area contributed by atoms with E-state index in [2.05, 4.69) is 10.6 Å². The second-order valence-corrected chi connectivity index (χ2v) is 8.00. The Morgan fingerprint density at radius 3 is 2.29 bits per heavy atom. The molecule has 168 valence electrons. The maximum Gasteiger partial charge on any atom is 0.293 e. The molecule has 0 radical (unpaired) electrons. The minimum atomic E-state index is -0.668. The van der Waals surface area contributed by atoms with Crippen LogP contribution < -0.4 is 16.1 Å². The summed E-state index contributed by atoms with van der Waals surface area (Å²) in [6.45, 7) is 3.75. The zero-order valence-corrected chi connectivity index (χ0v) is 18.5. The second-order valence-electron chi connectivity index (χ2n) is 8.00. The fraction of sp³-hybridized carbons (Fsp3) is 0.0741. The number of hydrogen-bond donors (Lipinski definition) is 2. The highest BCUT2D eigenvalue weighted by Crippen LogP contribution is 2.32. The Hall–Kier alpha value is -4.65. The molecule has 7 nitrogen and oxygen atoms in total. The van der Waals surface area contributed by atoms with Gasteiger partial charge in [0.15, 0.2) is 11.2 Å². The second kappa shape index (κ2) is 8.37. The first kappa shape index (κ1) is 21.2. The van der Waals surface area contributed by atoms with Gasteiger partial charge in [0.2, 0.25) is 5.76 Å². The summed E-state index contributed by atoms with van der Waals surface area (Å²) in [5.41, 5.74) is 3.02. The Morgan fingerprint density at radius 1 is 0.765 bits per heavy atom. The molecule has 34 heavy (non-hydrogen) atoms. The van der Waals surface area contributed by atoms with Crippen LogP contribution in [-0.4, -0.2) is 11.8 Å². The maximum atomic E-state index is 13.1. The average Bonchev–Trinajstić information content (AvgIpc) is 3.19. The molecule has 0 spiro atoms. The number of para-hydroxylation sites is 2. The predicted molar refractivity (Wildman–Crippen MR) is 131 cm³/mol. The van der Waals surface area contributed by atoms with Crippen molar-refractivity contribution >= 4 is 45.1 Å². The third-order valence-corrected chi connectivity index (χ3v) is 5.53. The highest BCUT2D eigenvalue weighted by molar-refractivity contribution is 6.16. The zero-order chi connectivity index (χ0) is 23.8. The Labute approximate surface area is 194 Å². The van der Waals surface area contributed by atoms with Crippen LogP contribution >= 0.6 is 0 Å². The van der Waals surface area contributed by atoms with E-state index in [1.807, 2.05) is 19.1 Å². The number of amides is 2. The van der Waals surface area contributed by atoms with E-state index in [-0.39, 0.29) is 22.6 Å². The van der Waals surface area contributed by atoms with E-state index >= 15 is 0 Å². The van der Waals surface area contributed by atoms with Crippen molar-refractivity contribution in [2.24, 2.45) is 0 Å². The van der Waals surface area contributed by atoms with Crippen LogP contribution in [0.3, 0.4) is 0 Å². The first-order valence-corrected chi connectivity index (χ1v) is 10.6. The third kappa shape index (κ3) is 3.84. The van der Waals surface area contributed by atoms with E-state index in [0.717, 1.165) is 17.2 Å². The van der Waals surface area contributed by atoms with Crippen molar-refractivity contribution in [1.82, 2.24) is 0 Å². The molecule has 3 aromatic carbocycles. The topological polar surface area (TPSA) is 102 Å². The van der Waals surface area contributed by atoms with Gasteiger partial charge in [0, 0.05) is 17.1 Å². The quantitative estimate of drug-likeness (QED) is 0.366. The van der Waals surface area contributed by atoms with Crippen LogP contribution in [0.2, 0.25) is 0 Å². The van der Waals surface area contributed by atoms with Gasteiger partial charge in [0.25, 0.3) is 11.8 Å². The lowest BCUT2D eigenvalue weighted by atomic mass is 10.1. The zero-order valence-electron chi connectivity index (χ0n) is 18.5. The van der Waals surface area contributed by atoms with Gasteiger partial charge < -0.3 is 19.5 Å². The average molecular weight is 452 g/mol. The van der Waals surface area contributed by atoms with Crippen LogP contribution in [0.25, 0.3) is 21.9 Å². The standard InChI is InChI=1S/C27H20N2O5/c1-15-10-12-17(13-11-15)28-27(32)25-23(19-7-3-4-9-21(19)33-25)29-26(31)22-14-20(30)18-8-5-6-16(2)24(18)34-22/h3-14H,1-2H3,(H,28,32)(H,29,31). The molecule has 0 bridgehead atoms. The lowest BCUT2D eigenvalue weighted by Crippen LogP contribution is -2.18. The molecule has 0 aliphatic rings. The van der Waals surface area contributed by atoms with Crippen LogP contribution in [0.15, 0.2) is 86.4 Å². The number of fused-ring (bicyclic) bond motifs is 2. The SMILES string of the molecule is Cc1ccc(NC(=O)c2oc3ccccc3c2NC(=O)c2cc(=O)c3cccc(C)c3o2)cc1. The number of carbonyl (C=O) groups is 2. The summed E-state index contributed by atoms with van der Waals surface area (Å²) >= 11 is 0. The maximum absolute atomic E-state index is 13.1. The van der Waals surface area contributed by atoms with Gasteiger partial charge in [0.1, 0.15) is 16.9 Å². The van der Waals surface area contributed by atoms with Crippen LogP contribution in [0.1, 0.15) is 32.2 Å². The number of nitrogens with one attached hydrogen (secondary N) is 2. The van der Waals surface area contributed by atoms with E-state index in [4.69, 9.17) is 8.83 Å². The molecular formula is C27H20N2O5. The summed E-state index contributed by atoms with van der Waals surface area (Å²) < 4.78 is 11.5. The lowest BCUT2D eigenvalue weighted by molar-refractivity contribution is 0.0996. The molecule has 0 atom stereocenters. The molecular weight excluding hydrogens is 432 g/mol. The number of anilines is 2. The molecule has 5 aromatic rings. The van der Waals surface area contributed by atoms with Crippen LogP contribution in [0, 0.1) is 13.8 Å². The Balaban J connectivity index is 1.53. The van der Waals surface area contributed by atoms with E-state index < -0.39 is 11.8 Å². The first-order chi connectivity index (χ1) is 16.4. The lowest BCUT2D eigenvalue weighted by Gasteiger charge is -2.08. The Morgan fingerprint density at radius 2 is 1.50 bits per heavy atom. The summed E-state index contributed by atoms with van der Waals surface area (Å²) in [5, 5.41) is 6.43. The molecule has 0 saturated heterocycles. The van der Waals surface area contributed by atoms with Crippen molar-refractivity contribution < 1.29 is 18.4 Å². The van der Waals surface area contributed by atoms with Gasteiger partial charge in [0.05, 0.1) is 5.39 Å². The fourth-order valence-corrected chi connectivity index (χ4v) is 3.76. The van der Waals surface area contributed by atoms with Crippen LogP contribution in [0.5, 0.6) is 0 Å². The van der Waals surface area contributed by atoms with Crippen LogP contribution in [0.4, 0.5) is 11.4 Å². The van der Waals surface area contributed by atoms with E-state index in [0.29, 0.717) is 27.6 Å². The number of carbonyl (C=O) groups excluding carboxylic acids is 2. The largest absolute Gasteiger partial charge is 0.450 e. The van der Waals surface area contributed by atoms with E-state index in [9.17, 15) is 14.4 Å². The summed E-state index contributed by atoms with van der Waals surface area (Å²) in [4.78, 5) is 38.7. The van der Waals surface area contributed by atoms with Gasteiger partial charge >= 0.3 is 0 Å². The van der Waals surface area contributed by atoms with Crippen molar-refractivity contribution in [2.45, 2.75) is 13.8 Å². The molecule has 0 unspecified atom stereocenters. The number of hydrogen-bond acceptors (Lipinski definition) is 5. The van der Waals surface area contributed by atoms with E-state index in [1.54, 1.807) is 61.5 Å². The van der Waals surface area contributed by atoms with Crippen molar-refractivity contribution in [3.05, 3.63) is 106 Å². The molecule has 2 N–H and O–H groups in total. The van der Waals surface area contributed by atoms with Gasteiger partial charge in [-0.2, -0.15) is 0 Å². The molecule has 0 saturated carbocycles. The van der Waals surface area contributed by atoms with Gasteiger partial charge in [-0.1, -0.05) is 42.0 Å². The van der Waals surface area contributed by atoms with Crippen molar-refractivity contribution in [3.8, 4) is 0 Å². The van der Waals surface area contributed by atoms with Crippen LogP contribution in [-0.2, 0) is 0 Å². The summed E-state index contributed by atoms with van der Waals surface area (Å²) in [5.74, 6) is -1.42. The van der Waals surface area contributed by atoms with Gasteiger partial charge in [-0.25, -0.2) is 0 Å². The molecule has 0 aliphatic carbocycles. The fourth-order valence-electron chi connectivity index (χ4n) is 3.76. The highest BCUT2D eigenvalue weighted by atomic mass is 16.4. The highest BCUT2D eigenvalue weighted by Gasteiger charge is 2.24. The van der Waals surface area contributed by atoms with E-state index in [1.165, 1.54) is 0 Å². The number of rotatable bonds is 4. The monoisotopic (exact) mass is 452 g/mol. The summed E-state index contributed by atoms with van der Waals surface area (Å²) in [6.07, 6.45) is 0. The van der Waals surface area contributed by atoms with Crippen molar-refractivity contribution in [3.63, 3.8) is 0 Å². The van der Waals surface area contributed by atoms with Gasteiger partial charge in [-0.15, -0.1) is 0 Å². The normalized spacial score (nSPS) is 11.0. The summed E-state index contributed by atoms with van der Waals surface area (Å²) in [6, 6.07) is 20.6.